The Labute approximate surface area is 108 Å². The molecule has 1 aliphatic rings. The minimum Gasteiger partial charge on any atom is -0.311 e. The Morgan fingerprint density at radius 1 is 1.29 bits per heavy atom. The van der Waals surface area contributed by atoms with E-state index >= 15 is 0 Å². The van der Waals surface area contributed by atoms with Gasteiger partial charge in [0.15, 0.2) is 0 Å². The van der Waals surface area contributed by atoms with E-state index in [-0.39, 0.29) is 0 Å². The van der Waals surface area contributed by atoms with Crippen LogP contribution in [0.4, 0.5) is 0 Å². The van der Waals surface area contributed by atoms with E-state index < -0.39 is 0 Å². The summed E-state index contributed by atoms with van der Waals surface area (Å²) in [5, 5.41) is 3.67. The molecule has 1 rings (SSSR count). The average Bonchev–Trinajstić information content (AvgIpc) is 2.25. The first-order valence-corrected chi connectivity index (χ1v) is 7.17. The van der Waals surface area contributed by atoms with Crippen LogP contribution in [0.15, 0.2) is 0 Å². The molecule has 0 aliphatic carbocycles. The molecule has 0 aromatic heterocycles. The number of piperidine rings is 1. The summed E-state index contributed by atoms with van der Waals surface area (Å²) in [5.41, 5.74) is 0. The van der Waals surface area contributed by atoms with Gasteiger partial charge in [-0.1, -0.05) is 13.8 Å². The topological polar surface area (TPSA) is 18.5 Å². The summed E-state index contributed by atoms with van der Waals surface area (Å²) in [6, 6.07) is 1.97. The third-order valence-electron chi connectivity index (χ3n) is 3.73. The van der Waals surface area contributed by atoms with Crippen molar-refractivity contribution >= 4 is 0 Å². The predicted molar refractivity (Wildman–Crippen MR) is 75.5 cm³/mol. The summed E-state index contributed by atoms with van der Waals surface area (Å²) >= 11 is 0. The van der Waals surface area contributed by atoms with Crippen molar-refractivity contribution in [3.8, 4) is 0 Å². The van der Waals surface area contributed by atoms with Crippen molar-refractivity contribution in [1.29, 1.82) is 0 Å². The third kappa shape index (κ3) is 5.84. The molecule has 3 nitrogen and oxygen atoms in total. The molecule has 0 aromatic rings. The highest BCUT2D eigenvalue weighted by Gasteiger charge is 2.20. The van der Waals surface area contributed by atoms with Crippen LogP contribution in [-0.4, -0.2) is 61.2 Å². The number of likely N-dealkylation sites (N-methyl/N-ethyl adjacent to an activating group) is 1. The monoisotopic (exact) mass is 241 g/mol. The number of hydrogen-bond acceptors (Lipinski definition) is 3. The van der Waals surface area contributed by atoms with Gasteiger partial charge >= 0.3 is 0 Å². The van der Waals surface area contributed by atoms with Gasteiger partial charge in [0, 0.05) is 37.8 Å². The fraction of sp³-hybridized carbons (Fsp3) is 1.00. The first kappa shape index (κ1) is 14.9. The Hall–Kier alpha value is -0.120. The molecule has 102 valence electrons. The number of hydrogen-bond donors (Lipinski definition) is 1. The van der Waals surface area contributed by atoms with Crippen LogP contribution >= 0.6 is 0 Å². The number of nitrogens with zero attached hydrogens (tertiary/aromatic N) is 2. The van der Waals surface area contributed by atoms with E-state index in [1.165, 1.54) is 39.0 Å². The minimum atomic E-state index is 0.610. The lowest BCUT2D eigenvalue weighted by molar-refractivity contribution is 0.156. The van der Waals surface area contributed by atoms with E-state index in [1.807, 2.05) is 0 Å². The fourth-order valence-corrected chi connectivity index (χ4v) is 2.42. The van der Waals surface area contributed by atoms with Crippen LogP contribution in [-0.2, 0) is 0 Å². The van der Waals surface area contributed by atoms with Crippen LogP contribution in [0.1, 0.15) is 40.5 Å². The van der Waals surface area contributed by atoms with Crippen molar-refractivity contribution < 1.29 is 0 Å². The molecule has 1 N–H and O–H groups in total. The summed E-state index contributed by atoms with van der Waals surface area (Å²) in [6.07, 6.45) is 2.68. The molecule has 1 fully saturated rings. The van der Waals surface area contributed by atoms with Gasteiger partial charge in [-0.15, -0.1) is 0 Å². The molecule has 0 aromatic carbocycles. The number of nitrogens with one attached hydrogen (secondary N) is 1. The molecule has 1 atom stereocenters. The molecular formula is C14H31N3. The van der Waals surface area contributed by atoms with E-state index in [9.17, 15) is 0 Å². The maximum Gasteiger partial charge on any atom is 0.0197 e. The van der Waals surface area contributed by atoms with E-state index in [0.29, 0.717) is 18.1 Å². The lowest BCUT2D eigenvalue weighted by atomic mass is 10.0. The summed E-state index contributed by atoms with van der Waals surface area (Å²) in [4.78, 5) is 5.04. The van der Waals surface area contributed by atoms with Gasteiger partial charge in [-0.2, -0.15) is 0 Å². The first-order chi connectivity index (χ1) is 7.99. The minimum absolute atomic E-state index is 0.610. The van der Waals surface area contributed by atoms with Gasteiger partial charge in [0.2, 0.25) is 0 Å². The van der Waals surface area contributed by atoms with Gasteiger partial charge in [-0.25, -0.2) is 0 Å². The second kappa shape index (κ2) is 7.34. The maximum absolute atomic E-state index is 3.67. The Morgan fingerprint density at radius 3 is 2.59 bits per heavy atom. The molecule has 1 aliphatic heterocycles. The molecule has 0 spiro atoms. The van der Waals surface area contributed by atoms with Gasteiger partial charge in [0.25, 0.3) is 0 Å². The second-order valence-electron chi connectivity index (χ2n) is 6.04. The molecule has 3 heteroatoms. The maximum atomic E-state index is 3.67. The highest BCUT2D eigenvalue weighted by molar-refractivity contribution is 4.79. The normalized spacial score (nSPS) is 22.9. The van der Waals surface area contributed by atoms with E-state index in [1.54, 1.807) is 0 Å². The Balaban J connectivity index is 2.25. The number of likely N-dealkylation sites (tertiary alicyclic amines) is 1. The van der Waals surface area contributed by atoms with Crippen LogP contribution < -0.4 is 5.32 Å². The van der Waals surface area contributed by atoms with Crippen LogP contribution in [0.25, 0.3) is 0 Å². The van der Waals surface area contributed by atoms with Crippen LogP contribution in [0, 0.1) is 0 Å². The standard InChI is InChI=1S/C14H31N3/c1-12(2)15-14-7-6-8-17(11-14)10-9-16(5)13(3)4/h12-15H,6-11H2,1-5H3. The van der Waals surface area contributed by atoms with Crippen LogP contribution in [0.5, 0.6) is 0 Å². The van der Waals surface area contributed by atoms with Gasteiger partial charge in [0.05, 0.1) is 0 Å². The average molecular weight is 241 g/mol. The van der Waals surface area contributed by atoms with Crippen molar-refractivity contribution in [3.63, 3.8) is 0 Å². The van der Waals surface area contributed by atoms with Crippen molar-refractivity contribution in [2.75, 3.05) is 33.2 Å². The van der Waals surface area contributed by atoms with Crippen molar-refractivity contribution in [3.05, 3.63) is 0 Å². The molecular weight excluding hydrogens is 210 g/mol. The van der Waals surface area contributed by atoms with E-state index in [2.05, 4.69) is 49.9 Å². The summed E-state index contributed by atoms with van der Waals surface area (Å²) in [5.74, 6) is 0. The molecule has 0 radical (unpaired) electrons. The SMILES string of the molecule is CC(C)NC1CCCN(CCN(C)C(C)C)C1. The summed E-state index contributed by atoms with van der Waals surface area (Å²) in [7, 11) is 2.22. The molecule has 17 heavy (non-hydrogen) atoms. The van der Waals surface area contributed by atoms with Gasteiger partial charge in [-0.3, -0.25) is 0 Å². The van der Waals surface area contributed by atoms with Gasteiger partial charge in [-0.05, 0) is 40.3 Å². The molecule has 0 amide bonds. The molecule has 1 saturated heterocycles. The molecule has 1 heterocycles. The smallest absolute Gasteiger partial charge is 0.0197 e. The van der Waals surface area contributed by atoms with E-state index in [4.69, 9.17) is 0 Å². The van der Waals surface area contributed by atoms with Crippen molar-refractivity contribution in [2.45, 2.75) is 58.7 Å². The number of rotatable bonds is 6. The molecule has 0 bridgehead atoms. The third-order valence-corrected chi connectivity index (χ3v) is 3.73. The van der Waals surface area contributed by atoms with Crippen molar-refractivity contribution in [1.82, 2.24) is 15.1 Å². The first-order valence-electron chi connectivity index (χ1n) is 7.17. The van der Waals surface area contributed by atoms with E-state index in [0.717, 1.165) is 0 Å². The lowest BCUT2D eigenvalue weighted by Crippen LogP contribution is -2.49. The Kier molecular flexibility index (Phi) is 6.45. The molecule has 1 unspecified atom stereocenters. The largest absolute Gasteiger partial charge is 0.311 e. The summed E-state index contributed by atoms with van der Waals surface area (Å²) < 4.78 is 0. The highest BCUT2D eigenvalue weighted by atomic mass is 15.2. The Bertz CT molecular complexity index is 204. The van der Waals surface area contributed by atoms with Crippen LogP contribution in [0.3, 0.4) is 0 Å². The fourth-order valence-electron chi connectivity index (χ4n) is 2.42. The van der Waals surface area contributed by atoms with Crippen molar-refractivity contribution in [2.24, 2.45) is 0 Å². The molecule has 0 saturated carbocycles. The second-order valence-corrected chi connectivity index (χ2v) is 6.04. The Morgan fingerprint density at radius 2 is 2.00 bits per heavy atom. The highest BCUT2D eigenvalue weighted by Crippen LogP contribution is 2.10. The van der Waals surface area contributed by atoms with Crippen LogP contribution in [0.2, 0.25) is 0 Å². The zero-order valence-corrected chi connectivity index (χ0v) is 12.4. The van der Waals surface area contributed by atoms with Gasteiger partial charge in [0.1, 0.15) is 0 Å². The summed E-state index contributed by atoms with van der Waals surface area (Å²) in [6.45, 7) is 13.9. The predicted octanol–water partition coefficient (Wildman–Crippen LogP) is 1.79. The zero-order valence-electron chi connectivity index (χ0n) is 12.4. The lowest BCUT2D eigenvalue weighted by Gasteiger charge is -2.35. The quantitative estimate of drug-likeness (QED) is 0.765. The zero-order chi connectivity index (χ0) is 12.8. The van der Waals surface area contributed by atoms with Gasteiger partial charge < -0.3 is 15.1 Å².